The predicted octanol–water partition coefficient (Wildman–Crippen LogP) is 6.27. The lowest BCUT2D eigenvalue weighted by molar-refractivity contribution is -0.129. The van der Waals surface area contributed by atoms with Crippen molar-refractivity contribution in [1.29, 1.82) is 0 Å². The molecule has 0 bridgehead atoms. The van der Waals surface area contributed by atoms with Crippen LogP contribution in [0.1, 0.15) is 29.0 Å². The standard InChI is InChI=1S/C38H38F2N6O4S/c1-6-32(47)45-12-13-46-30(22(45)2)19-29(42-46)36-34(33-28(40)17-25(39)18-31(33)50-15-14-49-5)37-27(11-16-51-37)35(41-36)23-7-9-24(10-8-23)38(48)44-20-26(21-44)43(3)4/h6-11,16-19,22,26H,1,12-15,20-21H2,2-5H3. The maximum atomic E-state index is 16.1. The number of methoxy groups -OCH3 is 1. The summed E-state index contributed by atoms with van der Waals surface area (Å²) in [5, 5.41) is 7.58. The number of hydrogen-bond donors (Lipinski definition) is 0. The van der Waals surface area contributed by atoms with E-state index in [1.807, 2.05) is 60.2 Å². The topological polar surface area (TPSA) is 93.0 Å². The monoisotopic (exact) mass is 712 g/mol. The number of rotatable bonds is 10. The van der Waals surface area contributed by atoms with E-state index in [9.17, 15) is 14.0 Å². The molecular weight excluding hydrogens is 675 g/mol. The SMILES string of the molecule is C=CC(=O)N1CCn2nc(-c3nc(-c4ccc(C(=O)N5CC(N(C)C)C5)cc4)c4ccsc4c3-c3c(F)cc(F)cc3OCCOC)cc2C1C. The van der Waals surface area contributed by atoms with Gasteiger partial charge in [0, 0.05) is 71.7 Å². The summed E-state index contributed by atoms with van der Waals surface area (Å²) < 4.78 is 44.4. The normalized spacial score (nSPS) is 16.0. The highest BCUT2D eigenvalue weighted by Gasteiger charge is 2.33. The number of halogens is 2. The molecule has 13 heteroatoms. The number of nitrogens with zero attached hydrogens (tertiary/aromatic N) is 6. The molecule has 2 aliphatic rings. The van der Waals surface area contributed by atoms with Gasteiger partial charge in [0.2, 0.25) is 5.91 Å². The lowest BCUT2D eigenvalue weighted by Crippen LogP contribution is -2.59. The number of hydrogen-bond acceptors (Lipinski definition) is 8. The molecule has 5 aromatic rings. The first-order valence-corrected chi connectivity index (χ1v) is 17.6. The average Bonchev–Trinajstić information content (AvgIpc) is 3.76. The van der Waals surface area contributed by atoms with E-state index < -0.39 is 11.6 Å². The maximum Gasteiger partial charge on any atom is 0.253 e. The van der Waals surface area contributed by atoms with Gasteiger partial charge in [0.25, 0.3) is 5.91 Å². The molecule has 7 rings (SSSR count). The second-order valence-electron chi connectivity index (χ2n) is 12.9. The van der Waals surface area contributed by atoms with Gasteiger partial charge in [0.05, 0.1) is 36.1 Å². The van der Waals surface area contributed by atoms with E-state index in [1.165, 1.54) is 30.6 Å². The first kappa shape index (κ1) is 34.5. The van der Waals surface area contributed by atoms with E-state index in [1.54, 1.807) is 17.0 Å². The number of benzene rings is 2. The zero-order valence-electron chi connectivity index (χ0n) is 28.9. The molecule has 2 amide bonds. The van der Waals surface area contributed by atoms with Crippen molar-refractivity contribution in [2.45, 2.75) is 25.6 Å². The van der Waals surface area contributed by atoms with Crippen LogP contribution in [0, 0.1) is 11.6 Å². The Morgan fingerprint density at radius 3 is 2.51 bits per heavy atom. The van der Waals surface area contributed by atoms with Crippen molar-refractivity contribution in [2.75, 3.05) is 54.1 Å². The molecule has 1 unspecified atom stereocenters. The summed E-state index contributed by atoms with van der Waals surface area (Å²) in [6.45, 7) is 8.11. The molecule has 0 spiro atoms. The molecule has 3 aromatic heterocycles. The minimum absolute atomic E-state index is 0.0144. The number of likely N-dealkylation sites (tertiary alicyclic amines) is 1. The summed E-state index contributed by atoms with van der Waals surface area (Å²) in [6, 6.07) is 13.2. The summed E-state index contributed by atoms with van der Waals surface area (Å²) in [5.41, 5.74) is 4.04. The van der Waals surface area contributed by atoms with Gasteiger partial charge in [-0.2, -0.15) is 5.10 Å². The molecule has 1 atom stereocenters. The largest absolute Gasteiger partial charge is 0.490 e. The Labute approximate surface area is 298 Å². The van der Waals surface area contributed by atoms with Crippen LogP contribution in [-0.4, -0.2) is 101 Å². The van der Waals surface area contributed by atoms with Crippen LogP contribution in [0.5, 0.6) is 5.75 Å². The molecule has 0 aliphatic carbocycles. The highest BCUT2D eigenvalue weighted by atomic mass is 32.1. The van der Waals surface area contributed by atoms with Gasteiger partial charge in [-0.25, -0.2) is 13.8 Å². The van der Waals surface area contributed by atoms with E-state index in [0.29, 0.717) is 65.1 Å². The first-order chi connectivity index (χ1) is 24.6. The highest BCUT2D eigenvalue weighted by molar-refractivity contribution is 7.18. The van der Waals surface area contributed by atoms with Crippen molar-refractivity contribution < 1.29 is 27.8 Å². The van der Waals surface area contributed by atoms with Crippen molar-refractivity contribution in [3.05, 3.63) is 89.5 Å². The molecule has 1 fully saturated rings. The van der Waals surface area contributed by atoms with Crippen LogP contribution in [0.15, 0.2) is 66.6 Å². The van der Waals surface area contributed by atoms with Crippen LogP contribution in [0.4, 0.5) is 8.78 Å². The number of ether oxygens (including phenoxy) is 2. The summed E-state index contributed by atoms with van der Waals surface area (Å²) in [6.07, 6.45) is 1.30. The molecule has 2 aliphatic heterocycles. The Balaban J connectivity index is 1.38. The number of thiophene rings is 1. The third-order valence-corrected chi connectivity index (χ3v) is 10.6. The minimum atomic E-state index is -0.807. The van der Waals surface area contributed by atoms with Crippen LogP contribution in [0.2, 0.25) is 0 Å². The van der Waals surface area contributed by atoms with Crippen LogP contribution in [-0.2, 0) is 16.1 Å². The Bertz CT molecular complexity index is 2140. The quantitative estimate of drug-likeness (QED) is 0.125. The fourth-order valence-electron chi connectivity index (χ4n) is 6.74. The second-order valence-corrected chi connectivity index (χ2v) is 13.9. The molecule has 0 radical (unpaired) electrons. The van der Waals surface area contributed by atoms with Gasteiger partial charge in [0.1, 0.15) is 35.4 Å². The third kappa shape index (κ3) is 6.30. The smallest absolute Gasteiger partial charge is 0.253 e. The van der Waals surface area contributed by atoms with Gasteiger partial charge in [-0.1, -0.05) is 18.7 Å². The number of carbonyl (C=O) groups excluding carboxylic acids is 2. The van der Waals surface area contributed by atoms with Gasteiger partial charge in [-0.05, 0) is 56.7 Å². The van der Waals surface area contributed by atoms with Crippen LogP contribution in [0.25, 0.3) is 43.9 Å². The molecule has 264 valence electrons. The van der Waals surface area contributed by atoms with Crippen molar-refractivity contribution in [3.63, 3.8) is 0 Å². The minimum Gasteiger partial charge on any atom is -0.490 e. The Kier molecular flexibility index (Phi) is 9.44. The van der Waals surface area contributed by atoms with E-state index in [2.05, 4.69) is 11.5 Å². The Morgan fingerprint density at radius 1 is 1.04 bits per heavy atom. The van der Waals surface area contributed by atoms with Gasteiger partial charge >= 0.3 is 0 Å². The fraction of sp³-hybridized carbons (Fsp3) is 0.316. The molecule has 0 saturated carbocycles. The van der Waals surface area contributed by atoms with E-state index in [-0.39, 0.29) is 42.4 Å². The zero-order valence-corrected chi connectivity index (χ0v) is 29.7. The number of aromatic nitrogens is 3. The van der Waals surface area contributed by atoms with Crippen molar-refractivity contribution >= 4 is 33.2 Å². The van der Waals surface area contributed by atoms with Crippen molar-refractivity contribution in [3.8, 4) is 39.5 Å². The summed E-state index contributed by atoms with van der Waals surface area (Å²) in [4.78, 5) is 36.7. The predicted molar refractivity (Wildman–Crippen MR) is 193 cm³/mol. The lowest BCUT2D eigenvalue weighted by atomic mass is 9.96. The van der Waals surface area contributed by atoms with E-state index in [0.717, 1.165) is 22.7 Å². The molecule has 1 saturated heterocycles. The van der Waals surface area contributed by atoms with Crippen LogP contribution in [0.3, 0.4) is 0 Å². The molecule has 0 N–H and O–H groups in total. The third-order valence-electron chi connectivity index (χ3n) is 9.67. The van der Waals surface area contributed by atoms with E-state index in [4.69, 9.17) is 19.6 Å². The number of likely N-dealkylation sites (N-methyl/N-ethyl adjacent to an activating group) is 1. The Hall–Kier alpha value is -4.98. The first-order valence-electron chi connectivity index (χ1n) is 16.7. The molecular formula is C38H38F2N6O4S. The number of pyridine rings is 1. The Morgan fingerprint density at radius 2 is 1.80 bits per heavy atom. The van der Waals surface area contributed by atoms with E-state index >= 15 is 4.39 Å². The van der Waals surface area contributed by atoms with Gasteiger partial charge in [-0.3, -0.25) is 14.3 Å². The highest BCUT2D eigenvalue weighted by Crippen LogP contribution is 2.47. The zero-order chi connectivity index (χ0) is 36.0. The fourth-order valence-corrected chi connectivity index (χ4v) is 7.69. The maximum absolute atomic E-state index is 16.1. The molecule has 5 heterocycles. The van der Waals surface area contributed by atoms with Gasteiger partial charge in [-0.15, -0.1) is 11.3 Å². The van der Waals surface area contributed by atoms with Crippen molar-refractivity contribution in [2.24, 2.45) is 0 Å². The summed E-state index contributed by atoms with van der Waals surface area (Å²) in [5.74, 6) is -1.78. The van der Waals surface area contributed by atoms with Gasteiger partial charge in [0.15, 0.2) is 0 Å². The summed E-state index contributed by atoms with van der Waals surface area (Å²) >= 11 is 1.40. The van der Waals surface area contributed by atoms with Crippen molar-refractivity contribution in [1.82, 2.24) is 29.5 Å². The number of fused-ring (bicyclic) bond motifs is 2. The molecule has 2 aromatic carbocycles. The number of amides is 2. The average molecular weight is 713 g/mol. The number of carbonyl (C=O) groups is 2. The molecule has 51 heavy (non-hydrogen) atoms. The summed E-state index contributed by atoms with van der Waals surface area (Å²) in [7, 11) is 5.54. The molecule has 10 nitrogen and oxygen atoms in total. The van der Waals surface area contributed by atoms with Crippen LogP contribution >= 0.6 is 11.3 Å². The lowest BCUT2D eigenvalue weighted by Gasteiger charge is -2.42. The van der Waals surface area contributed by atoms with Gasteiger partial charge < -0.3 is 24.2 Å². The second kappa shape index (κ2) is 14.0. The van der Waals surface area contributed by atoms with Crippen LogP contribution < -0.4 is 4.74 Å².